The first-order valence-electron chi connectivity index (χ1n) is 6.97. The van der Waals surface area contributed by atoms with Gasteiger partial charge in [-0.1, -0.05) is 28.9 Å². The van der Waals surface area contributed by atoms with Crippen LogP contribution in [0.5, 0.6) is 0 Å². The van der Waals surface area contributed by atoms with E-state index in [1.807, 2.05) is 0 Å². The van der Waals surface area contributed by atoms with Crippen LogP contribution in [0.3, 0.4) is 0 Å². The fourth-order valence-electron chi connectivity index (χ4n) is 2.28. The van der Waals surface area contributed by atoms with Crippen molar-refractivity contribution < 1.29 is 0 Å². The smallest absolute Gasteiger partial charge is 0.0701 e. The lowest BCUT2D eigenvalue weighted by atomic mass is 10.0. The van der Waals surface area contributed by atoms with Crippen LogP contribution in [0.2, 0.25) is 0 Å². The molecule has 1 heterocycles. The number of anilines is 1. The van der Waals surface area contributed by atoms with Crippen LogP contribution in [0.4, 0.5) is 5.69 Å². The molecule has 21 heavy (non-hydrogen) atoms. The maximum Gasteiger partial charge on any atom is 0.0701 e. The van der Waals surface area contributed by atoms with Crippen molar-refractivity contribution in [3.63, 3.8) is 0 Å². The number of rotatable bonds is 6. The molecule has 0 aliphatic rings. The summed E-state index contributed by atoms with van der Waals surface area (Å²) < 4.78 is 2.28. The van der Waals surface area contributed by atoms with Crippen molar-refractivity contribution in [1.29, 1.82) is 0 Å². The molecular weight excluding hydrogens is 412 g/mol. The Bertz CT molecular complexity index is 598. The van der Waals surface area contributed by atoms with Crippen LogP contribution in [0.1, 0.15) is 24.5 Å². The van der Waals surface area contributed by atoms with Crippen LogP contribution in [0.15, 0.2) is 37.9 Å². The Morgan fingerprint density at radius 2 is 2.05 bits per heavy atom. The van der Waals surface area contributed by atoms with E-state index in [9.17, 15) is 0 Å². The Labute approximate surface area is 147 Å². The van der Waals surface area contributed by atoms with Crippen LogP contribution < -0.4 is 10.6 Å². The molecule has 1 aromatic heterocycles. The van der Waals surface area contributed by atoms with Crippen molar-refractivity contribution in [2.45, 2.75) is 32.4 Å². The average Bonchev–Trinajstić information content (AvgIpc) is 2.85. The van der Waals surface area contributed by atoms with E-state index in [1.165, 1.54) is 20.6 Å². The van der Waals surface area contributed by atoms with Crippen molar-refractivity contribution in [3.05, 3.63) is 49.0 Å². The van der Waals surface area contributed by atoms with E-state index < -0.39 is 0 Å². The molecule has 0 spiro atoms. The molecule has 114 valence electrons. The lowest BCUT2D eigenvalue weighted by Gasteiger charge is -2.23. The van der Waals surface area contributed by atoms with Crippen molar-refractivity contribution >= 4 is 48.9 Å². The van der Waals surface area contributed by atoms with E-state index >= 15 is 0 Å². The number of hydrogen-bond acceptors (Lipinski definition) is 3. The number of thiophene rings is 1. The molecule has 0 fully saturated rings. The quantitative estimate of drug-likeness (QED) is 0.681. The third-order valence-electron chi connectivity index (χ3n) is 3.51. The fraction of sp³-hybridized carbons (Fsp3) is 0.375. The Balaban J connectivity index is 2.21. The molecule has 0 aliphatic carbocycles. The first-order chi connectivity index (χ1) is 9.99. The largest absolute Gasteiger partial charge is 0.370 e. The number of benzene rings is 1. The highest BCUT2D eigenvalue weighted by atomic mass is 79.9. The first kappa shape index (κ1) is 17.0. The van der Waals surface area contributed by atoms with Gasteiger partial charge in [-0.25, -0.2) is 0 Å². The molecular formula is C16H20Br2N2S. The number of nitrogens with zero attached hydrogens (tertiary/aromatic N) is 1. The highest BCUT2D eigenvalue weighted by molar-refractivity contribution is 9.11. The summed E-state index contributed by atoms with van der Waals surface area (Å²) in [5.41, 5.74) is 10.0. The van der Waals surface area contributed by atoms with Gasteiger partial charge in [-0.3, -0.25) is 0 Å². The van der Waals surface area contributed by atoms with Gasteiger partial charge in [-0.05, 0) is 63.5 Å². The second-order valence-corrected chi connectivity index (χ2v) is 8.47. The van der Waals surface area contributed by atoms with Crippen molar-refractivity contribution in [2.75, 3.05) is 11.9 Å². The van der Waals surface area contributed by atoms with Crippen LogP contribution in [0, 0.1) is 0 Å². The summed E-state index contributed by atoms with van der Waals surface area (Å²) in [6, 6.07) is 8.84. The van der Waals surface area contributed by atoms with Crippen molar-refractivity contribution in [1.82, 2.24) is 0 Å². The van der Waals surface area contributed by atoms with Crippen molar-refractivity contribution in [2.24, 2.45) is 5.73 Å². The zero-order valence-corrected chi connectivity index (χ0v) is 16.3. The second kappa shape index (κ2) is 7.77. The molecule has 2 nitrogen and oxygen atoms in total. The van der Waals surface area contributed by atoms with Gasteiger partial charge < -0.3 is 10.6 Å². The summed E-state index contributed by atoms with van der Waals surface area (Å²) in [4.78, 5) is 2.29. The fourth-order valence-corrected chi connectivity index (χ4v) is 3.83. The standard InChI is InChI=1S/C16H20Br2N2S/c1-3-14(19)7-12-4-5-13(17)8-15(12)20(2)9-11-6-16(18)21-10-11/h4-6,8,10,14H,3,7,9,19H2,1-2H3. The molecule has 0 aliphatic heterocycles. The summed E-state index contributed by atoms with van der Waals surface area (Å²) in [5.74, 6) is 0. The maximum absolute atomic E-state index is 6.13. The van der Waals surface area contributed by atoms with Gasteiger partial charge in [-0.15, -0.1) is 11.3 Å². The second-order valence-electron chi connectivity index (χ2n) is 5.26. The summed E-state index contributed by atoms with van der Waals surface area (Å²) in [6.07, 6.45) is 1.91. The third-order valence-corrected chi connectivity index (χ3v) is 5.55. The van der Waals surface area contributed by atoms with E-state index in [0.717, 1.165) is 23.9 Å². The molecule has 5 heteroatoms. The van der Waals surface area contributed by atoms with Crippen LogP contribution in [0.25, 0.3) is 0 Å². The molecule has 2 aromatic rings. The number of hydrogen-bond donors (Lipinski definition) is 1. The summed E-state index contributed by atoms with van der Waals surface area (Å²) in [7, 11) is 2.13. The summed E-state index contributed by atoms with van der Waals surface area (Å²) in [5, 5.41) is 2.19. The number of nitrogens with two attached hydrogens (primary N) is 1. The molecule has 1 atom stereocenters. The highest BCUT2D eigenvalue weighted by Gasteiger charge is 2.12. The summed E-state index contributed by atoms with van der Waals surface area (Å²) in [6.45, 7) is 3.03. The topological polar surface area (TPSA) is 29.3 Å². The molecule has 2 rings (SSSR count). The van der Waals surface area contributed by atoms with Gasteiger partial charge in [0.25, 0.3) is 0 Å². The minimum atomic E-state index is 0.216. The normalized spacial score (nSPS) is 12.4. The average molecular weight is 432 g/mol. The van der Waals surface area contributed by atoms with E-state index in [2.05, 4.69) is 80.4 Å². The van der Waals surface area contributed by atoms with E-state index in [0.29, 0.717) is 0 Å². The van der Waals surface area contributed by atoms with Crippen LogP contribution in [-0.4, -0.2) is 13.1 Å². The Morgan fingerprint density at radius 1 is 1.29 bits per heavy atom. The van der Waals surface area contributed by atoms with Gasteiger partial charge in [0.15, 0.2) is 0 Å². The maximum atomic E-state index is 6.13. The van der Waals surface area contributed by atoms with Gasteiger partial charge in [0.2, 0.25) is 0 Å². The Kier molecular flexibility index (Phi) is 6.29. The van der Waals surface area contributed by atoms with Crippen LogP contribution in [-0.2, 0) is 13.0 Å². The predicted molar refractivity (Wildman–Crippen MR) is 100 cm³/mol. The molecule has 1 aromatic carbocycles. The molecule has 0 amide bonds. The monoisotopic (exact) mass is 430 g/mol. The van der Waals surface area contributed by atoms with Gasteiger partial charge in [0, 0.05) is 29.8 Å². The van der Waals surface area contributed by atoms with E-state index in [1.54, 1.807) is 11.3 Å². The van der Waals surface area contributed by atoms with Gasteiger partial charge in [0.1, 0.15) is 0 Å². The highest BCUT2D eigenvalue weighted by Crippen LogP contribution is 2.28. The first-order valence-corrected chi connectivity index (χ1v) is 9.44. The molecule has 0 saturated heterocycles. The molecule has 1 unspecified atom stereocenters. The number of halogens is 2. The SMILES string of the molecule is CCC(N)Cc1ccc(Br)cc1N(C)Cc1csc(Br)c1. The lowest BCUT2D eigenvalue weighted by molar-refractivity contribution is 0.645. The van der Waals surface area contributed by atoms with E-state index in [-0.39, 0.29) is 6.04 Å². The molecule has 0 saturated carbocycles. The summed E-state index contributed by atoms with van der Waals surface area (Å²) >= 11 is 8.82. The Hall–Kier alpha value is -0.360. The molecule has 2 N–H and O–H groups in total. The van der Waals surface area contributed by atoms with Gasteiger partial charge >= 0.3 is 0 Å². The lowest BCUT2D eigenvalue weighted by Crippen LogP contribution is -2.24. The zero-order chi connectivity index (χ0) is 15.4. The minimum absolute atomic E-state index is 0.216. The van der Waals surface area contributed by atoms with Crippen molar-refractivity contribution in [3.8, 4) is 0 Å². The third kappa shape index (κ3) is 4.81. The van der Waals surface area contributed by atoms with Crippen LogP contribution >= 0.6 is 43.2 Å². The minimum Gasteiger partial charge on any atom is -0.370 e. The predicted octanol–water partition coefficient (Wildman–Crippen LogP) is 5.19. The van der Waals surface area contributed by atoms with Gasteiger partial charge in [-0.2, -0.15) is 0 Å². The zero-order valence-electron chi connectivity index (χ0n) is 12.3. The van der Waals surface area contributed by atoms with Gasteiger partial charge in [0.05, 0.1) is 3.79 Å². The molecule has 0 bridgehead atoms. The van der Waals surface area contributed by atoms with E-state index in [4.69, 9.17) is 5.73 Å². The molecule has 0 radical (unpaired) electrons. The Morgan fingerprint density at radius 3 is 2.67 bits per heavy atom.